The summed E-state index contributed by atoms with van der Waals surface area (Å²) in [6.07, 6.45) is 5.99. The molecule has 0 radical (unpaired) electrons. The summed E-state index contributed by atoms with van der Waals surface area (Å²) >= 11 is 1.31. The molecular formula is C24H35N3O3S. The van der Waals surface area contributed by atoms with Crippen molar-refractivity contribution in [1.29, 1.82) is 0 Å². The molecule has 1 aromatic rings. The van der Waals surface area contributed by atoms with Gasteiger partial charge in [0, 0.05) is 35.3 Å². The van der Waals surface area contributed by atoms with Gasteiger partial charge in [-0.25, -0.2) is 0 Å². The molecule has 7 heteroatoms. The number of piperidine rings is 2. The zero-order valence-corrected chi connectivity index (χ0v) is 19.8. The molecule has 2 fully saturated rings. The summed E-state index contributed by atoms with van der Waals surface area (Å²) in [5.41, 5.74) is 7.45. The van der Waals surface area contributed by atoms with Gasteiger partial charge in [0.2, 0.25) is 0 Å². The summed E-state index contributed by atoms with van der Waals surface area (Å²) in [5.74, 6) is 1.38. The van der Waals surface area contributed by atoms with E-state index in [0.29, 0.717) is 33.0 Å². The van der Waals surface area contributed by atoms with Gasteiger partial charge in [0.1, 0.15) is 11.5 Å². The minimum Gasteiger partial charge on any atom is -0.497 e. The molecule has 2 aliphatic rings. The van der Waals surface area contributed by atoms with Gasteiger partial charge in [0.25, 0.3) is 5.91 Å². The van der Waals surface area contributed by atoms with Crippen LogP contribution in [0.5, 0.6) is 11.5 Å². The van der Waals surface area contributed by atoms with Gasteiger partial charge in [0.05, 0.1) is 19.1 Å². The lowest BCUT2D eigenvalue weighted by molar-refractivity contribution is -0.128. The van der Waals surface area contributed by atoms with E-state index in [9.17, 15) is 4.79 Å². The van der Waals surface area contributed by atoms with Crippen LogP contribution in [0.1, 0.15) is 44.6 Å². The Morgan fingerprint density at radius 2 is 1.77 bits per heavy atom. The Morgan fingerprint density at radius 1 is 1.10 bits per heavy atom. The number of nitrogens with two attached hydrogens (primary N) is 1. The Kier molecular flexibility index (Phi) is 8.32. The fourth-order valence-electron chi connectivity index (χ4n) is 4.36. The topological polar surface area (TPSA) is 68.0 Å². The zero-order chi connectivity index (χ0) is 22.4. The van der Waals surface area contributed by atoms with E-state index in [1.54, 1.807) is 21.1 Å². The number of ether oxygens (including phenoxy) is 2. The first-order valence-corrected chi connectivity index (χ1v) is 11.8. The van der Waals surface area contributed by atoms with Crippen LogP contribution in [0, 0.1) is 0 Å². The van der Waals surface area contributed by atoms with Crippen LogP contribution in [0.25, 0.3) is 4.91 Å². The molecule has 170 valence electrons. The molecule has 2 heterocycles. The number of nitrogens with zero attached hydrogens (tertiary/aromatic N) is 2. The standard InChI is InChI=1S/C24H35N3O3S/c1-17(25)23(31-18(2)21-16-20(29-3)8-9-22(21)30-4)24(28)27-14-10-19(11-15-27)26-12-6-5-7-13-26/h8-9,16,19H,2,5-7,10-15,25H2,1,3-4H3/b23-17-. The van der Waals surface area contributed by atoms with Crippen LogP contribution >= 0.6 is 11.8 Å². The van der Waals surface area contributed by atoms with Crippen molar-refractivity contribution in [2.24, 2.45) is 5.73 Å². The summed E-state index contributed by atoms with van der Waals surface area (Å²) in [7, 11) is 3.24. The van der Waals surface area contributed by atoms with Crippen LogP contribution in [0.15, 0.2) is 35.4 Å². The van der Waals surface area contributed by atoms with Gasteiger partial charge in [-0.1, -0.05) is 24.8 Å². The van der Waals surface area contributed by atoms with Crippen molar-refractivity contribution >= 4 is 22.6 Å². The Balaban J connectivity index is 1.67. The largest absolute Gasteiger partial charge is 0.497 e. The molecule has 0 unspecified atom stereocenters. The highest BCUT2D eigenvalue weighted by Crippen LogP contribution is 2.40. The fourth-order valence-corrected chi connectivity index (χ4v) is 5.26. The molecule has 0 bridgehead atoms. The average molecular weight is 446 g/mol. The summed E-state index contributed by atoms with van der Waals surface area (Å²) in [4.78, 5) is 19.1. The number of likely N-dealkylation sites (tertiary alicyclic amines) is 2. The second kappa shape index (κ2) is 11.0. The second-order valence-electron chi connectivity index (χ2n) is 8.22. The quantitative estimate of drug-likeness (QED) is 0.638. The minimum absolute atomic E-state index is 0.00916. The molecule has 0 aliphatic carbocycles. The third-order valence-corrected chi connectivity index (χ3v) is 7.31. The number of hydrogen-bond acceptors (Lipinski definition) is 6. The van der Waals surface area contributed by atoms with Crippen LogP contribution in [0.3, 0.4) is 0 Å². The van der Waals surface area contributed by atoms with Gasteiger partial charge in [-0.3, -0.25) is 4.79 Å². The predicted octanol–water partition coefficient (Wildman–Crippen LogP) is 4.07. The summed E-state index contributed by atoms with van der Waals surface area (Å²) in [6, 6.07) is 6.14. The molecule has 1 aromatic carbocycles. The molecule has 2 saturated heterocycles. The first kappa shape index (κ1) is 23.5. The number of thioether (sulfide) groups is 1. The van der Waals surface area contributed by atoms with Crippen molar-refractivity contribution in [2.45, 2.75) is 45.1 Å². The monoisotopic (exact) mass is 445 g/mol. The highest BCUT2D eigenvalue weighted by molar-refractivity contribution is 8.12. The van der Waals surface area contributed by atoms with Crippen LogP contribution in [-0.2, 0) is 4.79 Å². The van der Waals surface area contributed by atoms with Gasteiger partial charge in [0.15, 0.2) is 0 Å². The van der Waals surface area contributed by atoms with E-state index in [4.69, 9.17) is 15.2 Å². The van der Waals surface area contributed by atoms with Crippen LogP contribution < -0.4 is 15.2 Å². The van der Waals surface area contributed by atoms with Crippen molar-refractivity contribution in [2.75, 3.05) is 40.4 Å². The first-order chi connectivity index (χ1) is 14.9. The van der Waals surface area contributed by atoms with E-state index < -0.39 is 0 Å². The van der Waals surface area contributed by atoms with Crippen LogP contribution in [0.4, 0.5) is 0 Å². The lowest BCUT2D eigenvalue weighted by Crippen LogP contribution is -2.48. The SMILES string of the molecule is C=C(S/C(C(=O)N1CCC(N2CCCCC2)CC1)=C(/C)N)c1cc(OC)ccc1OC. The minimum atomic E-state index is -0.00916. The molecule has 3 rings (SSSR count). The van der Waals surface area contributed by atoms with E-state index in [0.717, 1.165) is 31.5 Å². The van der Waals surface area contributed by atoms with Crippen molar-refractivity contribution in [3.05, 3.63) is 40.9 Å². The zero-order valence-electron chi connectivity index (χ0n) is 19.0. The number of hydrogen-bond donors (Lipinski definition) is 1. The number of rotatable bonds is 7. The lowest BCUT2D eigenvalue weighted by Gasteiger charge is -2.40. The molecule has 1 amide bonds. The molecular weight excluding hydrogens is 410 g/mol. The molecule has 0 aromatic heterocycles. The highest BCUT2D eigenvalue weighted by atomic mass is 32.2. The third kappa shape index (κ3) is 5.77. The van der Waals surface area contributed by atoms with Crippen molar-refractivity contribution in [3.8, 4) is 11.5 Å². The number of methoxy groups -OCH3 is 2. The van der Waals surface area contributed by atoms with Gasteiger partial charge < -0.3 is 25.0 Å². The molecule has 2 N–H and O–H groups in total. The third-order valence-electron chi connectivity index (χ3n) is 6.14. The molecule has 2 aliphatic heterocycles. The number of amides is 1. The van der Waals surface area contributed by atoms with Gasteiger partial charge in [-0.2, -0.15) is 0 Å². The molecule has 0 atom stereocenters. The molecule has 0 saturated carbocycles. The number of carbonyl (C=O) groups is 1. The lowest BCUT2D eigenvalue weighted by atomic mass is 10.00. The maximum absolute atomic E-state index is 13.3. The number of carbonyl (C=O) groups excluding carboxylic acids is 1. The van der Waals surface area contributed by atoms with Crippen molar-refractivity contribution in [3.63, 3.8) is 0 Å². The highest BCUT2D eigenvalue weighted by Gasteiger charge is 2.30. The Bertz CT molecular complexity index is 821. The van der Waals surface area contributed by atoms with Crippen molar-refractivity contribution < 1.29 is 14.3 Å². The summed E-state index contributed by atoms with van der Waals surface area (Å²) in [5, 5.41) is 0. The molecule has 31 heavy (non-hydrogen) atoms. The maximum atomic E-state index is 13.3. The maximum Gasteiger partial charge on any atom is 0.262 e. The number of benzene rings is 1. The summed E-state index contributed by atoms with van der Waals surface area (Å²) < 4.78 is 10.8. The fraction of sp³-hybridized carbons (Fsp3) is 0.542. The smallest absolute Gasteiger partial charge is 0.262 e. The molecule has 6 nitrogen and oxygen atoms in total. The van der Waals surface area contributed by atoms with E-state index in [1.165, 1.54) is 44.1 Å². The Hall–Kier alpha value is -2.12. The van der Waals surface area contributed by atoms with Crippen molar-refractivity contribution in [1.82, 2.24) is 9.80 Å². The number of allylic oxidation sites excluding steroid dienone is 1. The average Bonchev–Trinajstić information content (AvgIpc) is 2.82. The molecule has 0 spiro atoms. The van der Waals surface area contributed by atoms with Crippen LogP contribution in [0.2, 0.25) is 0 Å². The van der Waals surface area contributed by atoms with Gasteiger partial charge >= 0.3 is 0 Å². The first-order valence-electron chi connectivity index (χ1n) is 11.0. The Labute approximate surface area is 190 Å². The van der Waals surface area contributed by atoms with E-state index >= 15 is 0 Å². The summed E-state index contributed by atoms with van der Waals surface area (Å²) in [6.45, 7) is 9.90. The second-order valence-corrected chi connectivity index (χ2v) is 9.33. The van der Waals surface area contributed by atoms with E-state index in [2.05, 4.69) is 11.5 Å². The van der Waals surface area contributed by atoms with Crippen LogP contribution in [-0.4, -0.2) is 62.1 Å². The normalized spacial score (nSPS) is 19.0. The predicted molar refractivity (Wildman–Crippen MR) is 128 cm³/mol. The van der Waals surface area contributed by atoms with E-state index in [-0.39, 0.29) is 5.91 Å². The Morgan fingerprint density at radius 3 is 2.35 bits per heavy atom. The van der Waals surface area contributed by atoms with Gasteiger partial charge in [-0.05, 0) is 63.9 Å². The van der Waals surface area contributed by atoms with E-state index in [1.807, 2.05) is 23.1 Å². The van der Waals surface area contributed by atoms with Gasteiger partial charge in [-0.15, -0.1) is 0 Å².